The molecule has 0 aliphatic carbocycles. The Morgan fingerprint density at radius 2 is 2.16 bits per heavy atom. The van der Waals surface area contributed by atoms with E-state index in [1.54, 1.807) is 0 Å². The van der Waals surface area contributed by atoms with Crippen molar-refractivity contribution in [2.24, 2.45) is 11.7 Å². The number of imidazole rings is 1. The van der Waals surface area contributed by atoms with Crippen LogP contribution < -0.4 is 5.73 Å². The van der Waals surface area contributed by atoms with Crippen molar-refractivity contribution >= 4 is 18.1 Å². The summed E-state index contributed by atoms with van der Waals surface area (Å²) in [6.45, 7) is 7.32. The molecular formula is C14H21ClN4. The quantitative estimate of drug-likeness (QED) is 0.913. The molecule has 2 aromatic heterocycles. The third-order valence-corrected chi connectivity index (χ3v) is 3.95. The fourth-order valence-electron chi connectivity index (χ4n) is 2.79. The van der Waals surface area contributed by atoms with Crippen molar-refractivity contribution in [1.29, 1.82) is 0 Å². The van der Waals surface area contributed by atoms with Gasteiger partial charge in [-0.1, -0.05) is 13.0 Å². The second-order valence-electron chi connectivity index (χ2n) is 5.41. The predicted molar refractivity (Wildman–Crippen MR) is 79.6 cm³/mol. The molecule has 1 aliphatic rings. The molecule has 0 amide bonds. The fourth-order valence-corrected chi connectivity index (χ4v) is 2.79. The van der Waals surface area contributed by atoms with Crippen molar-refractivity contribution in [3.63, 3.8) is 0 Å². The molecule has 2 unspecified atom stereocenters. The van der Waals surface area contributed by atoms with E-state index >= 15 is 0 Å². The number of rotatable bonds is 2. The van der Waals surface area contributed by atoms with Gasteiger partial charge in [0.15, 0.2) is 0 Å². The van der Waals surface area contributed by atoms with E-state index in [9.17, 15) is 0 Å². The van der Waals surface area contributed by atoms with Crippen molar-refractivity contribution < 1.29 is 0 Å². The third-order valence-electron chi connectivity index (χ3n) is 3.95. The summed E-state index contributed by atoms with van der Waals surface area (Å²) in [7, 11) is 0. The standard InChI is InChI=1S/C14H20N4.ClH/c1-10-7-17(8-12(10)15)9-13-11(2)16-14-5-3-4-6-18(13)14;/h3-6,10,12H,7-9,15H2,1-2H3;1H. The number of halogens is 1. The maximum Gasteiger partial charge on any atom is 0.137 e. The summed E-state index contributed by atoms with van der Waals surface area (Å²) < 4.78 is 2.18. The maximum absolute atomic E-state index is 6.08. The van der Waals surface area contributed by atoms with Crippen LogP contribution in [0.25, 0.3) is 5.65 Å². The molecule has 19 heavy (non-hydrogen) atoms. The number of fused-ring (bicyclic) bond motifs is 1. The van der Waals surface area contributed by atoms with E-state index in [0.29, 0.717) is 12.0 Å². The summed E-state index contributed by atoms with van der Waals surface area (Å²) in [5.74, 6) is 0.587. The second-order valence-corrected chi connectivity index (χ2v) is 5.41. The summed E-state index contributed by atoms with van der Waals surface area (Å²) in [5, 5.41) is 0. The van der Waals surface area contributed by atoms with Crippen LogP contribution in [-0.4, -0.2) is 33.4 Å². The molecule has 0 radical (unpaired) electrons. The Hall–Kier alpha value is -1.10. The van der Waals surface area contributed by atoms with E-state index in [-0.39, 0.29) is 12.4 Å². The van der Waals surface area contributed by atoms with Crippen molar-refractivity contribution in [2.75, 3.05) is 13.1 Å². The van der Waals surface area contributed by atoms with Gasteiger partial charge in [0.25, 0.3) is 0 Å². The number of likely N-dealkylation sites (tertiary alicyclic amines) is 1. The van der Waals surface area contributed by atoms with Gasteiger partial charge >= 0.3 is 0 Å². The Morgan fingerprint density at radius 1 is 1.37 bits per heavy atom. The molecule has 1 aliphatic heterocycles. The molecule has 2 N–H and O–H groups in total. The zero-order chi connectivity index (χ0) is 12.7. The van der Waals surface area contributed by atoms with Crippen LogP contribution in [0.15, 0.2) is 24.4 Å². The minimum Gasteiger partial charge on any atom is -0.326 e. The Balaban J connectivity index is 0.00000133. The lowest BCUT2D eigenvalue weighted by Crippen LogP contribution is -2.28. The van der Waals surface area contributed by atoms with E-state index in [4.69, 9.17) is 5.73 Å². The van der Waals surface area contributed by atoms with Crippen LogP contribution in [0.5, 0.6) is 0 Å². The minimum atomic E-state index is 0. The number of hydrogen-bond acceptors (Lipinski definition) is 3. The Kier molecular flexibility index (Phi) is 4.13. The third kappa shape index (κ3) is 2.61. The van der Waals surface area contributed by atoms with Crippen molar-refractivity contribution in [3.8, 4) is 0 Å². The zero-order valence-corrected chi connectivity index (χ0v) is 12.2. The number of nitrogens with zero attached hydrogens (tertiary/aromatic N) is 3. The van der Waals surface area contributed by atoms with Crippen molar-refractivity contribution in [3.05, 3.63) is 35.8 Å². The smallest absolute Gasteiger partial charge is 0.137 e. The lowest BCUT2D eigenvalue weighted by atomic mass is 10.1. The molecule has 0 bridgehead atoms. The molecule has 0 spiro atoms. The Labute approximate surface area is 120 Å². The molecule has 4 nitrogen and oxygen atoms in total. The van der Waals surface area contributed by atoms with Crippen molar-refractivity contribution in [2.45, 2.75) is 26.4 Å². The molecule has 104 valence electrons. The van der Waals surface area contributed by atoms with E-state index < -0.39 is 0 Å². The highest BCUT2D eigenvalue weighted by atomic mass is 35.5. The van der Waals surface area contributed by atoms with Gasteiger partial charge < -0.3 is 10.1 Å². The summed E-state index contributed by atoms with van der Waals surface area (Å²) >= 11 is 0. The number of hydrogen-bond donors (Lipinski definition) is 1. The SMILES string of the molecule is Cc1nc2ccccn2c1CN1CC(C)C(N)C1.Cl. The highest BCUT2D eigenvalue weighted by Crippen LogP contribution is 2.19. The molecule has 1 saturated heterocycles. The summed E-state index contributed by atoms with van der Waals surface area (Å²) in [4.78, 5) is 7.03. The first-order valence-electron chi connectivity index (χ1n) is 6.55. The number of nitrogens with two attached hydrogens (primary N) is 1. The molecule has 5 heteroatoms. The highest BCUT2D eigenvalue weighted by Gasteiger charge is 2.27. The summed E-state index contributed by atoms with van der Waals surface area (Å²) in [5.41, 5.74) is 9.52. The molecule has 2 aromatic rings. The predicted octanol–water partition coefficient (Wildman–Crippen LogP) is 1.84. The number of aromatic nitrogens is 2. The van der Waals surface area contributed by atoms with E-state index in [2.05, 4.69) is 46.5 Å². The van der Waals surface area contributed by atoms with E-state index in [1.807, 2.05) is 6.07 Å². The Bertz CT molecular complexity index is 556. The van der Waals surface area contributed by atoms with Crippen LogP contribution >= 0.6 is 12.4 Å². The lowest BCUT2D eigenvalue weighted by Gasteiger charge is -2.15. The first-order valence-corrected chi connectivity index (χ1v) is 6.55. The van der Waals surface area contributed by atoms with Crippen LogP contribution in [0.1, 0.15) is 18.3 Å². The zero-order valence-electron chi connectivity index (χ0n) is 11.4. The van der Waals surface area contributed by atoms with Crippen LogP contribution in [-0.2, 0) is 6.54 Å². The van der Waals surface area contributed by atoms with Crippen LogP contribution in [0.4, 0.5) is 0 Å². The lowest BCUT2D eigenvalue weighted by molar-refractivity contribution is 0.313. The molecule has 0 saturated carbocycles. The van der Waals surface area contributed by atoms with E-state index in [0.717, 1.165) is 31.0 Å². The van der Waals surface area contributed by atoms with Crippen molar-refractivity contribution in [1.82, 2.24) is 14.3 Å². The summed E-state index contributed by atoms with van der Waals surface area (Å²) in [6, 6.07) is 6.44. The summed E-state index contributed by atoms with van der Waals surface area (Å²) in [6.07, 6.45) is 2.09. The molecular weight excluding hydrogens is 260 g/mol. The first-order chi connectivity index (χ1) is 8.65. The topological polar surface area (TPSA) is 46.6 Å². The average molecular weight is 281 g/mol. The van der Waals surface area contributed by atoms with Crippen LogP contribution in [0, 0.1) is 12.8 Å². The number of pyridine rings is 1. The maximum atomic E-state index is 6.08. The fraction of sp³-hybridized carbons (Fsp3) is 0.500. The van der Waals surface area contributed by atoms with Crippen LogP contribution in [0.3, 0.4) is 0 Å². The van der Waals surface area contributed by atoms with Gasteiger partial charge in [-0.2, -0.15) is 0 Å². The van der Waals surface area contributed by atoms with Gasteiger partial charge in [-0.25, -0.2) is 4.98 Å². The molecule has 1 fully saturated rings. The molecule has 0 aromatic carbocycles. The highest BCUT2D eigenvalue weighted by molar-refractivity contribution is 5.85. The second kappa shape index (κ2) is 5.49. The van der Waals surface area contributed by atoms with Gasteiger partial charge in [0.2, 0.25) is 0 Å². The van der Waals surface area contributed by atoms with Gasteiger partial charge in [-0.15, -0.1) is 12.4 Å². The van der Waals surface area contributed by atoms with E-state index in [1.165, 1.54) is 5.69 Å². The molecule has 3 rings (SSSR count). The molecule has 3 heterocycles. The van der Waals surface area contributed by atoms with Crippen LogP contribution in [0.2, 0.25) is 0 Å². The normalized spacial score (nSPS) is 23.7. The number of aryl methyl sites for hydroxylation is 1. The van der Waals surface area contributed by atoms with Gasteiger partial charge in [0, 0.05) is 31.9 Å². The van der Waals surface area contributed by atoms with Gasteiger partial charge in [-0.3, -0.25) is 4.90 Å². The Morgan fingerprint density at radius 3 is 2.84 bits per heavy atom. The molecule has 2 atom stereocenters. The van der Waals surface area contributed by atoms with Gasteiger partial charge in [0.1, 0.15) is 5.65 Å². The van der Waals surface area contributed by atoms with Gasteiger partial charge in [-0.05, 0) is 25.0 Å². The first kappa shape index (κ1) is 14.3. The minimum absolute atomic E-state index is 0. The van der Waals surface area contributed by atoms with Gasteiger partial charge in [0.05, 0.1) is 11.4 Å². The monoisotopic (exact) mass is 280 g/mol. The largest absolute Gasteiger partial charge is 0.326 e. The average Bonchev–Trinajstić information content (AvgIpc) is 2.82.